The molecule has 0 aliphatic carbocycles. The number of hydrogen-bond acceptors (Lipinski definition) is 1. The summed E-state index contributed by atoms with van der Waals surface area (Å²) < 4.78 is 60.7. The smallest absolute Gasteiger partial charge is 0.393 e. The molecule has 0 saturated carbocycles. The zero-order chi connectivity index (χ0) is 14.2. The standard InChI is InChI=1S/C12H21F5O/c1-2-3-4-5-6-7-8-10(18)9-11(13,14)12(15,16)17/h10,18H,2-9H2,1H3. The highest BCUT2D eigenvalue weighted by Gasteiger charge is 2.57. The molecule has 0 bridgehead atoms. The van der Waals surface area contributed by atoms with Crippen LogP contribution >= 0.6 is 0 Å². The third kappa shape index (κ3) is 7.13. The van der Waals surface area contributed by atoms with E-state index in [4.69, 9.17) is 0 Å². The minimum atomic E-state index is -5.57. The van der Waals surface area contributed by atoms with Gasteiger partial charge in [0.2, 0.25) is 0 Å². The summed E-state index contributed by atoms with van der Waals surface area (Å²) in [5, 5.41) is 9.17. The molecule has 0 aliphatic heterocycles. The molecule has 0 rings (SSSR count). The SMILES string of the molecule is CCCCCCCCC(O)CC(F)(F)C(F)(F)F. The van der Waals surface area contributed by atoms with E-state index in [-0.39, 0.29) is 6.42 Å². The van der Waals surface area contributed by atoms with E-state index in [1.165, 1.54) is 0 Å². The summed E-state index contributed by atoms with van der Waals surface area (Å²) in [7, 11) is 0. The predicted octanol–water partition coefficient (Wildman–Crippen LogP) is 4.69. The van der Waals surface area contributed by atoms with Gasteiger partial charge in [0.1, 0.15) is 0 Å². The summed E-state index contributed by atoms with van der Waals surface area (Å²) in [6.45, 7) is 2.06. The lowest BCUT2D eigenvalue weighted by Crippen LogP contribution is -2.39. The van der Waals surface area contributed by atoms with Crippen LogP contribution in [0.2, 0.25) is 0 Å². The average molecular weight is 276 g/mol. The van der Waals surface area contributed by atoms with Crippen molar-refractivity contribution in [3.8, 4) is 0 Å². The van der Waals surface area contributed by atoms with E-state index in [1.54, 1.807) is 0 Å². The Hall–Kier alpha value is -0.390. The van der Waals surface area contributed by atoms with Crippen molar-refractivity contribution in [2.24, 2.45) is 0 Å². The Morgan fingerprint density at radius 2 is 1.39 bits per heavy atom. The van der Waals surface area contributed by atoms with Crippen molar-refractivity contribution >= 4 is 0 Å². The highest BCUT2D eigenvalue weighted by molar-refractivity contribution is 4.79. The monoisotopic (exact) mass is 276 g/mol. The van der Waals surface area contributed by atoms with Gasteiger partial charge in [-0.3, -0.25) is 0 Å². The average Bonchev–Trinajstić information content (AvgIpc) is 2.20. The Bertz CT molecular complexity index is 215. The third-order valence-electron chi connectivity index (χ3n) is 2.80. The van der Waals surface area contributed by atoms with Crippen LogP contribution in [0.3, 0.4) is 0 Å². The molecule has 0 fully saturated rings. The summed E-state index contributed by atoms with van der Waals surface area (Å²) in [6.07, 6.45) is -3.32. The normalized spacial score (nSPS) is 14.8. The van der Waals surface area contributed by atoms with E-state index < -0.39 is 24.6 Å². The number of hydrogen-bond donors (Lipinski definition) is 1. The molecule has 1 unspecified atom stereocenters. The molecule has 0 saturated heterocycles. The second-order valence-corrected chi connectivity index (χ2v) is 4.62. The Kier molecular flexibility index (Phi) is 7.75. The van der Waals surface area contributed by atoms with Crippen molar-refractivity contribution in [2.45, 2.75) is 76.5 Å². The second kappa shape index (κ2) is 7.92. The molecule has 18 heavy (non-hydrogen) atoms. The zero-order valence-corrected chi connectivity index (χ0v) is 10.6. The number of unbranched alkanes of at least 4 members (excludes halogenated alkanes) is 5. The molecule has 0 aromatic carbocycles. The van der Waals surface area contributed by atoms with Crippen LogP contribution in [0.1, 0.15) is 58.3 Å². The number of halogens is 5. The van der Waals surface area contributed by atoms with Crippen LogP contribution in [0.25, 0.3) is 0 Å². The molecule has 0 aromatic heterocycles. The van der Waals surface area contributed by atoms with Crippen molar-refractivity contribution in [1.82, 2.24) is 0 Å². The Morgan fingerprint density at radius 1 is 0.889 bits per heavy atom. The van der Waals surface area contributed by atoms with Crippen LogP contribution in [0.5, 0.6) is 0 Å². The van der Waals surface area contributed by atoms with Gasteiger partial charge in [0.05, 0.1) is 6.10 Å². The van der Waals surface area contributed by atoms with E-state index in [0.717, 1.165) is 32.1 Å². The maximum absolute atomic E-state index is 12.6. The Balaban J connectivity index is 3.74. The first kappa shape index (κ1) is 17.6. The molecule has 0 heterocycles. The van der Waals surface area contributed by atoms with E-state index in [1.807, 2.05) is 0 Å². The molecule has 1 atom stereocenters. The van der Waals surface area contributed by atoms with Crippen LogP contribution in [0.15, 0.2) is 0 Å². The summed E-state index contributed by atoms with van der Waals surface area (Å²) in [4.78, 5) is 0. The first-order valence-electron chi connectivity index (χ1n) is 6.33. The molecule has 0 aromatic rings. The molecule has 0 radical (unpaired) electrons. The minimum Gasteiger partial charge on any atom is -0.393 e. The van der Waals surface area contributed by atoms with Gasteiger partial charge in [-0.25, -0.2) is 0 Å². The Labute approximate surface area is 104 Å². The summed E-state index contributed by atoms with van der Waals surface area (Å²) in [5.74, 6) is -4.80. The number of aliphatic hydroxyl groups excluding tert-OH is 1. The van der Waals surface area contributed by atoms with Gasteiger partial charge in [0.15, 0.2) is 0 Å². The van der Waals surface area contributed by atoms with Crippen molar-refractivity contribution < 1.29 is 27.1 Å². The molecule has 0 amide bonds. The molecule has 110 valence electrons. The van der Waals surface area contributed by atoms with E-state index in [0.29, 0.717) is 6.42 Å². The number of rotatable bonds is 9. The third-order valence-corrected chi connectivity index (χ3v) is 2.80. The van der Waals surface area contributed by atoms with Crippen molar-refractivity contribution in [1.29, 1.82) is 0 Å². The van der Waals surface area contributed by atoms with Crippen LogP contribution in [-0.4, -0.2) is 23.3 Å². The van der Waals surface area contributed by atoms with Gasteiger partial charge in [-0.15, -0.1) is 0 Å². The molecule has 0 aliphatic rings. The molecule has 0 spiro atoms. The lowest BCUT2D eigenvalue weighted by atomic mass is 10.0. The zero-order valence-electron chi connectivity index (χ0n) is 10.6. The van der Waals surface area contributed by atoms with Gasteiger partial charge in [-0.05, 0) is 6.42 Å². The van der Waals surface area contributed by atoms with Gasteiger partial charge in [0.25, 0.3) is 0 Å². The van der Waals surface area contributed by atoms with Crippen LogP contribution in [-0.2, 0) is 0 Å². The summed E-state index contributed by atoms with van der Waals surface area (Å²) in [6, 6.07) is 0. The molecule has 1 nitrogen and oxygen atoms in total. The predicted molar refractivity (Wildman–Crippen MR) is 59.6 cm³/mol. The van der Waals surface area contributed by atoms with Gasteiger partial charge in [-0.1, -0.05) is 45.4 Å². The fourth-order valence-corrected chi connectivity index (χ4v) is 1.67. The molecular formula is C12H21F5O. The van der Waals surface area contributed by atoms with Crippen LogP contribution < -0.4 is 0 Å². The van der Waals surface area contributed by atoms with Gasteiger partial charge < -0.3 is 5.11 Å². The number of aliphatic hydroxyl groups is 1. The van der Waals surface area contributed by atoms with Gasteiger partial charge in [0, 0.05) is 6.42 Å². The topological polar surface area (TPSA) is 20.2 Å². The summed E-state index contributed by atoms with van der Waals surface area (Å²) in [5.41, 5.74) is 0. The lowest BCUT2D eigenvalue weighted by Gasteiger charge is -2.22. The van der Waals surface area contributed by atoms with Gasteiger partial charge in [-0.2, -0.15) is 22.0 Å². The molecule has 6 heteroatoms. The van der Waals surface area contributed by atoms with Crippen LogP contribution in [0, 0.1) is 0 Å². The molecule has 1 N–H and O–H groups in total. The first-order chi connectivity index (χ1) is 8.20. The largest absolute Gasteiger partial charge is 0.453 e. The van der Waals surface area contributed by atoms with Crippen molar-refractivity contribution in [3.63, 3.8) is 0 Å². The minimum absolute atomic E-state index is 0.00219. The van der Waals surface area contributed by atoms with E-state index in [9.17, 15) is 27.1 Å². The molecular weight excluding hydrogens is 255 g/mol. The van der Waals surface area contributed by atoms with Gasteiger partial charge >= 0.3 is 12.1 Å². The number of alkyl halides is 5. The van der Waals surface area contributed by atoms with Crippen molar-refractivity contribution in [3.05, 3.63) is 0 Å². The lowest BCUT2D eigenvalue weighted by molar-refractivity contribution is -0.290. The summed E-state index contributed by atoms with van der Waals surface area (Å²) >= 11 is 0. The fraction of sp³-hybridized carbons (Fsp3) is 1.00. The fourth-order valence-electron chi connectivity index (χ4n) is 1.67. The van der Waals surface area contributed by atoms with Crippen molar-refractivity contribution in [2.75, 3.05) is 0 Å². The first-order valence-corrected chi connectivity index (χ1v) is 6.33. The Morgan fingerprint density at radius 3 is 1.89 bits per heavy atom. The second-order valence-electron chi connectivity index (χ2n) is 4.62. The van der Waals surface area contributed by atoms with Crippen LogP contribution in [0.4, 0.5) is 22.0 Å². The highest BCUT2D eigenvalue weighted by atomic mass is 19.4. The maximum Gasteiger partial charge on any atom is 0.453 e. The van der Waals surface area contributed by atoms with E-state index >= 15 is 0 Å². The highest BCUT2D eigenvalue weighted by Crippen LogP contribution is 2.39. The maximum atomic E-state index is 12.6. The quantitative estimate of drug-likeness (QED) is 0.478. The van der Waals surface area contributed by atoms with E-state index in [2.05, 4.69) is 6.92 Å².